The zero-order chi connectivity index (χ0) is 16.4. The SMILES string of the molecule is Nc1ccc(N=Nc2ccccc2[N+](=O)[O-])c2ccc(O)cc12. The molecule has 3 rings (SSSR count). The summed E-state index contributed by atoms with van der Waals surface area (Å²) in [6.45, 7) is 0. The number of nitrogens with zero attached hydrogens (tertiary/aromatic N) is 3. The molecule has 0 aliphatic carbocycles. The van der Waals surface area contributed by atoms with Crippen LogP contribution in [0.25, 0.3) is 10.8 Å². The van der Waals surface area contributed by atoms with Crippen LogP contribution in [0.1, 0.15) is 0 Å². The van der Waals surface area contributed by atoms with Crippen molar-refractivity contribution in [1.29, 1.82) is 0 Å². The van der Waals surface area contributed by atoms with E-state index < -0.39 is 4.92 Å². The maximum atomic E-state index is 11.0. The molecule has 0 heterocycles. The Bertz CT molecular complexity index is 938. The average molecular weight is 308 g/mol. The fourth-order valence-corrected chi connectivity index (χ4v) is 2.24. The van der Waals surface area contributed by atoms with Crippen molar-refractivity contribution in [1.82, 2.24) is 0 Å². The van der Waals surface area contributed by atoms with Gasteiger partial charge in [-0.1, -0.05) is 12.1 Å². The van der Waals surface area contributed by atoms with Gasteiger partial charge in [0.1, 0.15) is 5.75 Å². The third-order valence-electron chi connectivity index (χ3n) is 3.35. The molecule has 23 heavy (non-hydrogen) atoms. The fraction of sp³-hybridized carbons (Fsp3) is 0. The van der Waals surface area contributed by atoms with Crippen LogP contribution >= 0.6 is 0 Å². The maximum absolute atomic E-state index is 11.0. The molecule has 3 N–H and O–H groups in total. The smallest absolute Gasteiger partial charge is 0.296 e. The van der Waals surface area contributed by atoms with Crippen LogP contribution in [0.15, 0.2) is 64.8 Å². The lowest BCUT2D eigenvalue weighted by Gasteiger charge is -2.05. The number of benzene rings is 3. The van der Waals surface area contributed by atoms with Crippen LogP contribution in [-0.4, -0.2) is 10.0 Å². The molecule has 7 heteroatoms. The second kappa shape index (κ2) is 5.72. The Labute approximate surface area is 130 Å². The predicted molar refractivity (Wildman–Crippen MR) is 87.3 cm³/mol. The van der Waals surface area contributed by atoms with Gasteiger partial charge < -0.3 is 10.8 Å². The summed E-state index contributed by atoms with van der Waals surface area (Å²) >= 11 is 0. The number of phenols is 1. The Kier molecular flexibility index (Phi) is 3.60. The molecule has 0 saturated carbocycles. The van der Waals surface area contributed by atoms with Gasteiger partial charge in [-0.2, -0.15) is 0 Å². The van der Waals surface area contributed by atoms with Gasteiger partial charge in [0.05, 0.1) is 10.6 Å². The molecular weight excluding hydrogens is 296 g/mol. The highest BCUT2D eigenvalue weighted by atomic mass is 16.6. The number of nitrogen functional groups attached to an aromatic ring is 1. The maximum Gasteiger partial charge on any atom is 0.296 e. The fourth-order valence-electron chi connectivity index (χ4n) is 2.24. The Morgan fingerprint density at radius 2 is 1.70 bits per heavy atom. The predicted octanol–water partition coefficient (Wildman–Crippen LogP) is 4.45. The lowest BCUT2D eigenvalue weighted by Crippen LogP contribution is -1.87. The van der Waals surface area contributed by atoms with Crippen LogP contribution in [-0.2, 0) is 0 Å². The lowest BCUT2D eigenvalue weighted by molar-refractivity contribution is -0.384. The molecule has 0 amide bonds. The summed E-state index contributed by atoms with van der Waals surface area (Å²) in [5.41, 5.74) is 6.95. The topological polar surface area (TPSA) is 114 Å². The standard InChI is InChI=1S/C16H12N4O3/c17-13-7-8-14(11-6-5-10(21)9-12(11)13)18-19-15-3-1-2-4-16(15)20(22)23/h1-9,21H,17H2. The van der Waals surface area contributed by atoms with Gasteiger partial charge >= 0.3 is 0 Å². The van der Waals surface area contributed by atoms with Crippen molar-refractivity contribution in [3.05, 3.63) is 64.7 Å². The molecule has 0 fully saturated rings. The van der Waals surface area contributed by atoms with E-state index in [1.165, 1.54) is 24.3 Å². The van der Waals surface area contributed by atoms with Gasteiger partial charge in [-0.05, 0) is 36.4 Å². The van der Waals surface area contributed by atoms with E-state index in [9.17, 15) is 15.2 Å². The molecule has 0 spiro atoms. The highest BCUT2D eigenvalue weighted by Crippen LogP contribution is 2.34. The minimum absolute atomic E-state index is 0.0944. The molecule has 0 atom stereocenters. The summed E-state index contributed by atoms with van der Waals surface area (Å²) in [6.07, 6.45) is 0. The first-order valence-corrected chi connectivity index (χ1v) is 6.72. The van der Waals surface area contributed by atoms with Gasteiger partial charge in [0.15, 0.2) is 5.69 Å². The Morgan fingerprint density at radius 1 is 0.957 bits per heavy atom. The first-order valence-electron chi connectivity index (χ1n) is 6.72. The zero-order valence-electron chi connectivity index (χ0n) is 11.9. The molecule has 0 aliphatic heterocycles. The normalized spacial score (nSPS) is 11.1. The van der Waals surface area contributed by atoms with Crippen molar-refractivity contribution < 1.29 is 10.0 Å². The van der Waals surface area contributed by atoms with Gasteiger partial charge in [-0.25, -0.2) is 0 Å². The third-order valence-corrected chi connectivity index (χ3v) is 3.35. The van der Waals surface area contributed by atoms with Gasteiger partial charge in [-0.15, -0.1) is 10.2 Å². The number of para-hydroxylation sites is 1. The molecule has 7 nitrogen and oxygen atoms in total. The number of azo groups is 1. The number of hydrogen-bond acceptors (Lipinski definition) is 6. The number of nitrogens with two attached hydrogens (primary N) is 1. The highest BCUT2D eigenvalue weighted by Gasteiger charge is 2.12. The minimum Gasteiger partial charge on any atom is -0.508 e. The van der Waals surface area contributed by atoms with E-state index in [0.29, 0.717) is 22.1 Å². The van der Waals surface area contributed by atoms with Gasteiger partial charge in [0.2, 0.25) is 0 Å². The summed E-state index contributed by atoms with van der Waals surface area (Å²) < 4.78 is 0. The van der Waals surface area contributed by atoms with Crippen molar-refractivity contribution in [2.24, 2.45) is 10.2 Å². The van der Waals surface area contributed by atoms with Gasteiger partial charge in [0.25, 0.3) is 5.69 Å². The summed E-state index contributed by atoms with van der Waals surface area (Å²) in [6, 6.07) is 14.2. The largest absolute Gasteiger partial charge is 0.508 e. The molecule has 0 unspecified atom stereocenters. The van der Waals surface area contributed by atoms with Crippen molar-refractivity contribution >= 4 is 33.5 Å². The van der Waals surface area contributed by atoms with E-state index in [1.807, 2.05) is 0 Å². The van der Waals surface area contributed by atoms with Crippen molar-refractivity contribution in [3.63, 3.8) is 0 Å². The van der Waals surface area contributed by atoms with E-state index >= 15 is 0 Å². The summed E-state index contributed by atoms with van der Waals surface area (Å²) in [7, 11) is 0. The average Bonchev–Trinajstić information content (AvgIpc) is 2.55. The van der Waals surface area contributed by atoms with Gasteiger partial charge in [0, 0.05) is 22.5 Å². The highest BCUT2D eigenvalue weighted by molar-refractivity contribution is 6.00. The number of anilines is 1. The molecule has 3 aromatic rings. The van der Waals surface area contributed by atoms with E-state index in [1.54, 1.807) is 30.3 Å². The van der Waals surface area contributed by atoms with Crippen LogP contribution in [0.4, 0.5) is 22.7 Å². The zero-order valence-corrected chi connectivity index (χ0v) is 11.9. The number of fused-ring (bicyclic) bond motifs is 1. The van der Waals surface area contributed by atoms with Crippen LogP contribution in [0.3, 0.4) is 0 Å². The third kappa shape index (κ3) is 2.80. The van der Waals surface area contributed by atoms with Crippen molar-refractivity contribution in [3.8, 4) is 5.75 Å². The Hall–Kier alpha value is -3.48. The van der Waals surface area contributed by atoms with E-state index in [0.717, 1.165) is 0 Å². The first-order chi connectivity index (χ1) is 11.1. The summed E-state index contributed by atoms with van der Waals surface area (Å²) in [5.74, 6) is 0.0944. The van der Waals surface area contributed by atoms with Crippen molar-refractivity contribution in [2.75, 3.05) is 5.73 Å². The summed E-state index contributed by atoms with van der Waals surface area (Å²) in [5, 5.41) is 30.0. The van der Waals surface area contributed by atoms with E-state index in [-0.39, 0.29) is 17.1 Å². The molecular formula is C16H12N4O3. The van der Waals surface area contributed by atoms with Crippen LogP contribution in [0, 0.1) is 10.1 Å². The Morgan fingerprint density at radius 3 is 2.48 bits per heavy atom. The van der Waals surface area contributed by atoms with Gasteiger partial charge in [-0.3, -0.25) is 10.1 Å². The first kappa shape index (κ1) is 14.5. The quantitative estimate of drug-likeness (QED) is 0.322. The van der Waals surface area contributed by atoms with Crippen LogP contribution < -0.4 is 5.73 Å². The lowest BCUT2D eigenvalue weighted by atomic mass is 10.1. The molecule has 0 radical (unpaired) electrons. The molecule has 0 aliphatic rings. The monoisotopic (exact) mass is 308 g/mol. The molecule has 3 aromatic carbocycles. The second-order valence-electron chi connectivity index (χ2n) is 4.85. The van der Waals surface area contributed by atoms with Crippen LogP contribution in [0.5, 0.6) is 5.75 Å². The van der Waals surface area contributed by atoms with E-state index in [4.69, 9.17) is 5.73 Å². The Balaban J connectivity index is 2.09. The molecule has 0 saturated heterocycles. The minimum atomic E-state index is -0.506. The molecule has 114 valence electrons. The molecule has 0 aromatic heterocycles. The number of nitro groups is 1. The number of rotatable bonds is 3. The van der Waals surface area contributed by atoms with Crippen LogP contribution in [0.2, 0.25) is 0 Å². The van der Waals surface area contributed by atoms with Crippen molar-refractivity contribution in [2.45, 2.75) is 0 Å². The molecule has 0 bridgehead atoms. The van der Waals surface area contributed by atoms with E-state index in [2.05, 4.69) is 10.2 Å². The summed E-state index contributed by atoms with van der Waals surface area (Å²) in [4.78, 5) is 10.5. The number of aromatic hydroxyl groups is 1. The second-order valence-corrected chi connectivity index (χ2v) is 4.85. The number of nitro benzene ring substituents is 1. The number of hydrogen-bond donors (Lipinski definition) is 2. The number of phenolic OH excluding ortho intramolecular Hbond substituents is 1.